The van der Waals surface area contributed by atoms with Crippen molar-refractivity contribution in [1.82, 2.24) is 10.2 Å². The van der Waals surface area contributed by atoms with Crippen LogP contribution in [0.15, 0.2) is 30.3 Å². The van der Waals surface area contributed by atoms with Crippen LogP contribution in [-0.4, -0.2) is 49.4 Å². The van der Waals surface area contributed by atoms with Crippen LogP contribution in [0.2, 0.25) is 0 Å². The van der Waals surface area contributed by atoms with Gasteiger partial charge in [0.1, 0.15) is 5.78 Å². The fraction of sp³-hybridized carbons (Fsp3) is 0.579. The summed E-state index contributed by atoms with van der Waals surface area (Å²) in [4.78, 5) is 26.4. The van der Waals surface area contributed by atoms with E-state index in [9.17, 15) is 9.59 Å². The first-order chi connectivity index (χ1) is 11.7. The number of nitrogens with one attached hydrogen (secondary N) is 1. The van der Waals surface area contributed by atoms with E-state index < -0.39 is 0 Å². The Hall–Kier alpha value is -1.72. The molecule has 5 nitrogen and oxygen atoms in total. The summed E-state index contributed by atoms with van der Waals surface area (Å²) in [6.45, 7) is 4.10. The van der Waals surface area contributed by atoms with Gasteiger partial charge in [-0.2, -0.15) is 0 Å². The monoisotopic (exact) mass is 330 g/mol. The van der Waals surface area contributed by atoms with E-state index in [0.29, 0.717) is 25.7 Å². The van der Waals surface area contributed by atoms with Crippen molar-refractivity contribution in [3.63, 3.8) is 0 Å². The van der Waals surface area contributed by atoms with Gasteiger partial charge in [0.15, 0.2) is 0 Å². The van der Waals surface area contributed by atoms with E-state index in [1.807, 2.05) is 18.2 Å². The lowest BCUT2D eigenvalue weighted by Gasteiger charge is -2.32. The Kier molecular flexibility index (Phi) is 5.99. The first-order valence-corrected chi connectivity index (χ1v) is 8.89. The zero-order valence-corrected chi connectivity index (χ0v) is 14.1. The first kappa shape index (κ1) is 17.1. The standard InChI is InChI=1S/C19H26N2O3/c22-17-8-6-16(7-9-17)19(23)20-18(15-4-2-1-3-5-15)14-21-10-12-24-13-11-21/h1-5,16,18H,6-14H2,(H,20,23). The smallest absolute Gasteiger partial charge is 0.223 e. The highest BCUT2D eigenvalue weighted by Gasteiger charge is 2.27. The lowest BCUT2D eigenvalue weighted by molar-refractivity contribution is -0.129. The molecule has 2 aliphatic rings. The van der Waals surface area contributed by atoms with Gasteiger partial charge in [-0.05, 0) is 18.4 Å². The largest absolute Gasteiger partial charge is 0.379 e. The molecule has 1 aliphatic heterocycles. The number of morpholine rings is 1. The number of hydrogen-bond acceptors (Lipinski definition) is 4. The van der Waals surface area contributed by atoms with Crippen molar-refractivity contribution < 1.29 is 14.3 Å². The quantitative estimate of drug-likeness (QED) is 0.896. The van der Waals surface area contributed by atoms with Gasteiger partial charge in [0, 0.05) is 38.4 Å². The van der Waals surface area contributed by atoms with Crippen LogP contribution in [0.25, 0.3) is 0 Å². The Labute approximate surface area is 143 Å². The summed E-state index contributed by atoms with van der Waals surface area (Å²) >= 11 is 0. The second-order valence-electron chi connectivity index (χ2n) is 6.70. The summed E-state index contributed by atoms with van der Waals surface area (Å²) in [6, 6.07) is 10.1. The van der Waals surface area contributed by atoms with Gasteiger partial charge in [0.2, 0.25) is 5.91 Å². The number of nitrogens with zero attached hydrogens (tertiary/aromatic N) is 1. The highest BCUT2D eigenvalue weighted by Crippen LogP contribution is 2.23. The van der Waals surface area contributed by atoms with Crippen LogP contribution in [0.1, 0.15) is 37.3 Å². The zero-order chi connectivity index (χ0) is 16.8. The Balaban J connectivity index is 1.65. The van der Waals surface area contributed by atoms with Gasteiger partial charge < -0.3 is 10.1 Å². The van der Waals surface area contributed by atoms with E-state index >= 15 is 0 Å². The molecule has 3 rings (SSSR count). The van der Waals surface area contributed by atoms with Crippen molar-refractivity contribution in [3.8, 4) is 0 Å². The number of rotatable bonds is 5. The van der Waals surface area contributed by atoms with E-state index in [0.717, 1.165) is 38.4 Å². The number of Topliss-reactive ketones (excluding diaryl/α,β-unsaturated/α-hetero) is 1. The number of ketones is 1. The van der Waals surface area contributed by atoms with Crippen molar-refractivity contribution in [1.29, 1.82) is 0 Å². The van der Waals surface area contributed by atoms with Gasteiger partial charge in [0.05, 0.1) is 19.3 Å². The van der Waals surface area contributed by atoms with Crippen LogP contribution >= 0.6 is 0 Å². The lowest BCUT2D eigenvalue weighted by atomic mass is 9.87. The molecule has 1 amide bonds. The number of hydrogen-bond donors (Lipinski definition) is 1. The molecule has 1 unspecified atom stereocenters. The maximum Gasteiger partial charge on any atom is 0.223 e. The lowest BCUT2D eigenvalue weighted by Crippen LogP contribution is -2.44. The summed E-state index contributed by atoms with van der Waals surface area (Å²) in [5.41, 5.74) is 1.13. The molecule has 0 spiro atoms. The second kappa shape index (κ2) is 8.40. The molecule has 0 aromatic heterocycles. The maximum absolute atomic E-state index is 12.7. The van der Waals surface area contributed by atoms with Crippen molar-refractivity contribution in [3.05, 3.63) is 35.9 Å². The van der Waals surface area contributed by atoms with Crippen LogP contribution in [0.5, 0.6) is 0 Å². The minimum absolute atomic E-state index is 0.0190. The van der Waals surface area contributed by atoms with Crippen molar-refractivity contribution in [2.24, 2.45) is 5.92 Å². The average molecular weight is 330 g/mol. The van der Waals surface area contributed by atoms with Crippen LogP contribution in [0.3, 0.4) is 0 Å². The highest BCUT2D eigenvalue weighted by molar-refractivity contribution is 5.84. The van der Waals surface area contributed by atoms with Crippen molar-refractivity contribution >= 4 is 11.7 Å². The number of ether oxygens (including phenoxy) is 1. The predicted molar refractivity (Wildman–Crippen MR) is 91.5 cm³/mol. The predicted octanol–water partition coefficient (Wildman–Crippen LogP) is 1.94. The number of carbonyl (C=O) groups excluding carboxylic acids is 2. The molecule has 2 fully saturated rings. The Morgan fingerprint density at radius 2 is 1.83 bits per heavy atom. The van der Waals surface area contributed by atoms with Gasteiger partial charge in [-0.3, -0.25) is 14.5 Å². The molecule has 1 atom stereocenters. The Morgan fingerprint density at radius 3 is 2.50 bits per heavy atom. The minimum Gasteiger partial charge on any atom is -0.379 e. The van der Waals surface area contributed by atoms with Crippen molar-refractivity contribution in [2.45, 2.75) is 31.7 Å². The molecule has 1 aromatic rings. The molecule has 24 heavy (non-hydrogen) atoms. The molecular weight excluding hydrogens is 304 g/mol. The van der Waals surface area contributed by atoms with Gasteiger partial charge >= 0.3 is 0 Å². The molecule has 1 saturated heterocycles. The molecule has 1 aromatic carbocycles. The zero-order valence-electron chi connectivity index (χ0n) is 14.1. The average Bonchev–Trinajstić information content (AvgIpc) is 2.63. The summed E-state index contributed by atoms with van der Waals surface area (Å²) in [7, 11) is 0. The summed E-state index contributed by atoms with van der Waals surface area (Å²) in [5, 5.41) is 3.23. The van der Waals surface area contributed by atoms with Gasteiger partial charge in [-0.25, -0.2) is 0 Å². The van der Waals surface area contributed by atoms with E-state index in [2.05, 4.69) is 22.3 Å². The third kappa shape index (κ3) is 4.65. The normalized spacial score (nSPS) is 21.4. The molecule has 0 radical (unpaired) electrons. The molecular formula is C19H26N2O3. The highest BCUT2D eigenvalue weighted by atomic mass is 16.5. The fourth-order valence-electron chi connectivity index (χ4n) is 3.45. The molecule has 1 N–H and O–H groups in total. The van der Waals surface area contributed by atoms with Crippen LogP contribution in [-0.2, 0) is 14.3 Å². The first-order valence-electron chi connectivity index (χ1n) is 8.89. The van der Waals surface area contributed by atoms with Gasteiger partial charge in [-0.15, -0.1) is 0 Å². The molecule has 1 heterocycles. The van der Waals surface area contributed by atoms with E-state index in [-0.39, 0.29) is 23.7 Å². The number of carbonyl (C=O) groups is 2. The topological polar surface area (TPSA) is 58.6 Å². The molecule has 5 heteroatoms. The SMILES string of the molecule is O=C1CCC(C(=O)NC(CN2CCOCC2)c2ccccc2)CC1. The number of amides is 1. The molecule has 1 saturated carbocycles. The van der Waals surface area contributed by atoms with Gasteiger partial charge in [-0.1, -0.05) is 30.3 Å². The summed E-state index contributed by atoms with van der Waals surface area (Å²) in [6.07, 6.45) is 2.45. The van der Waals surface area contributed by atoms with E-state index in [4.69, 9.17) is 4.74 Å². The maximum atomic E-state index is 12.7. The Morgan fingerprint density at radius 1 is 1.17 bits per heavy atom. The fourth-order valence-corrected chi connectivity index (χ4v) is 3.45. The molecule has 1 aliphatic carbocycles. The van der Waals surface area contributed by atoms with Crippen LogP contribution in [0, 0.1) is 5.92 Å². The van der Waals surface area contributed by atoms with Gasteiger partial charge in [0.25, 0.3) is 0 Å². The van der Waals surface area contributed by atoms with E-state index in [1.165, 1.54) is 0 Å². The Bertz CT molecular complexity index is 545. The minimum atomic E-state index is -0.0291. The third-order valence-electron chi connectivity index (χ3n) is 4.98. The molecule has 0 bridgehead atoms. The van der Waals surface area contributed by atoms with E-state index in [1.54, 1.807) is 0 Å². The van der Waals surface area contributed by atoms with Crippen LogP contribution < -0.4 is 5.32 Å². The third-order valence-corrected chi connectivity index (χ3v) is 4.98. The second-order valence-corrected chi connectivity index (χ2v) is 6.70. The number of benzene rings is 1. The van der Waals surface area contributed by atoms with Crippen molar-refractivity contribution in [2.75, 3.05) is 32.8 Å². The van der Waals surface area contributed by atoms with Crippen LogP contribution in [0.4, 0.5) is 0 Å². The summed E-state index contributed by atoms with van der Waals surface area (Å²) in [5.74, 6) is 0.343. The molecule has 130 valence electrons. The summed E-state index contributed by atoms with van der Waals surface area (Å²) < 4.78 is 5.41.